The van der Waals surface area contributed by atoms with Crippen LogP contribution in [0.2, 0.25) is 0 Å². The second kappa shape index (κ2) is 5.45. The highest BCUT2D eigenvalue weighted by Gasteiger charge is 2.04. The van der Waals surface area contributed by atoms with E-state index < -0.39 is 0 Å². The summed E-state index contributed by atoms with van der Waals surface area (Å²) in [6, 6.07) is 11.2. The number of nitrogens with zero attached hydrogens (tertiary/aromatic N) is 1. The molecule has 0 aliphatic rings. The zero-order chi connectivity index (χ0) is 12.1. The Hall–Kier alpha value is -1.88. The van der Waals surface area contributed by atoms with E-state index in [0.29, 0.717) is 5.69 Å². The van der Waals surface area contributed by atoms with Crippen LogP contribution in [-0.4, -0.2) is 12.1 Å². The Kier molecular flexibility index (Phi) is 3.72. The van der Waals surface area contributed by atoms with Crippen LogP contribution in [0.5, 0.6) is 5.75 Å². The number of benzene rings is 1. The molecule has 0 aliphatic carbocycles. The molecule has 2 aromatic rings. The Morgan fingerprint density at radius 2 is 2.18 bits per heavy atom. The van der Waals surface area contributed by atoms with Crippen molar-refractivity contribution in [3.05, 3.63) is 42.6 Å². The van der Waals surface area contributed by atoms with Gasteiger partial charge in [-0.25, -0.2) is 4.98 Å². The number of hydrogen-bond donors (Lipinski definition) is 2. The van der Waals surface area contributed by atoms with Gasteiger partial charge in [-0.3, -0.25) is 0 Å². The monoisotopic (exact) mass is 247 g/mol. The molecule has 1 aromatic heterocycles. The van der Waals surface area contributed by atoms with Gasteiger partial charge in [0.1, 0.15) is 11.6 Å². The fourth-order valence-electron chi connectivity index (χ4n) is 1.30. The summed E-state index contributed by atoms with van der Waals surface area (Å²) in [6.45, 7) is 0. The van der Waals surface area contributed by atoms with E-state index >= 15 is 0 Å². The standard InChI is InChI=1S/C12H13N3OS/c1-16-10-8-9(13)5-6-11(10)17-15-12-4-2-3-7-14-12/h2-8H,13H2,1H3,(H,14,15). The van der Waals surface area contributed by atoms with Crippen molar-refractivity contribution in [1.29, 1.82) is 0 Å². The summed E-state index contributed by atoms with van der Waals surface area (Å²) in [5.74, 6) is 1.55. The molecule has 17 heavy (non-hydrogen) atoms. The smallest absolute Gasteiger partial charge is 0.136 e. The number of ether oxygens (including phenoxy) is 1. The molecular weight excluding hydrogens is 234 g/mol. The Bertz CT molecular complexity index is 490. The van der Waals surface area contributed by atoms with Gasteiger partial charge in [-0.1, -0.05) is 6.07 Å². The fourth-order valence-corrected chi connectivity index (χ4v) is 2.01. The van der Waals surface area contributed by atoms with Gasteiger partial charge in [0.15, 0.2) is 0 Å². The van der Waals surface area contributed by atoms with Crippen LogP contribution < -0.4 is 15.2 Å². The molecule has 0 fully saturated rings. The van der Waals surface area contributed by atoms with E-state index in [1.54, 1.807) is 19.4 Å². The average Bonchev–Trinajstić information content (AvgIpc) is 2.38. The third-order valence-electron chi connectivity index (χ3n) is 2.12. The van der Waals surface area contributed by atoms with E-state index in [1.165, 1.54) is 11.9 Å². The lowest BCUT2D eigenvalue weighted by molar-refractivity contribution is 0.405. The predicted molar refractivity (Wildman–Crippen MR) is 71.1 cm³/mol. The van der Waals surface area contributed by atoms with Crippen LogP contribution in [0.25, 0.3) is 0 Å². The second-order valence-electron chi connectivity index (χ2n) is 3.33. The summed E-state index contributed by atoms with van der Waals surface area (Å²) < 4.78 is 8.39. The molecular formula is C12H13N3OS. The Labute approximate surface area is 104 Å². The van der Waals surface area contributed by atoms with Gasteiger partial charge >= 0.3 is 0 Å². The predicted octanol–water partition coefficient (Wildman–Crippen LogP) is 2.79. The van der Waals surface area contributed by atoms with Crippen LogP contribution in [0, 0.1) is 0 Å². The maximum absolute atomic E-state index is 5.69. The summed E-state index contributed by atoms with van der Waals surface area (Å²) in [4.78, 5) is 5.13. The van der Waals surface area contributed by atoms with Gasteiger partial charge in [-0.2, -0.15) is 0 Å². The van der Waals surface area contributed by atoms with E-state index in [0.717, 1.165) is 16.5 Å². The third-order valence-corrected chi connectivity index (χ3v) is 2.99. The van der Waals surface area contributed by atoms with Gasteiger partial charge in [0.2, 0.25) is 0 Å². The minimum absolute atomic E-state index is 0.684. The molecule has 0 unspecified atom stereocenters. The van der Waals surface area contributed by atoms with Gasteiger partial charge in [0, 0.05) is 18.0 Å². The molecule has 0 aliphatic heterocycles. The van der Waals surface area contributed by atoms with Crippen molar-refractivity contribution in [1.82, 2.24) is 4.98 Å². The van der Waals surface area contributed by atoms with Crippen molar-refractivity contribution in [3.63, 3.8) is 0 Å². The molecule has 5 heteroatoms. The lowest BCUT2D eigenvalue weighted by Gasteiger charge is -2.09. The molecule has 0 amide bonds. The first-order valence-corrected chi connectivity index (χ1v) is 5.88. The molecule has 88 valence electrons. The summed E-state index contributed by atoms with van der Waals surface area (Å²) in [7, 11) is 1.62. The van der Waals surface area contributed by atoms with E-state index in [1.807, 2.05) is 30.3 Å². The first kappa shape index (κ1) is 11.6. The fraction of sp³-hybridized carbons (Fsp3) is 0.0833. The number of aromatic nitrogens is 1. The van der Waals surface area contributed by atoms with Crippen LogP contribution in [0.15, 0.2) is 47.5 Å². The van der Waals surface area contributed by atoms with E-state index in [4.69, 9.17) is 10.5 Å². The quantitative estimate of drug-likeness (QED) is 0.642. The van der Waals surface area contributed by atoms with Gasteiger partial charge < -0.3 is 15.2 Å². The molecule has 0 spiro atoms. The number of anilines is 2. The van der Waals surface area contributed by atoms with Crippen molar-refractivity contribution >= 4 is 23.5 Å². The van der Waals surface area contributed by atoms with Crippen molar-refractivity contribution in [2.45, 2.75) is 4.90 Å². The molecule has 0 saturated carbocycles. The largest absolute Gasteiger partial charge is 0.495 e. The van der Waals surface area contributed by atoms with Gasteiger partial charge in [-0.15, -0.1) is 0 Å². The Balaban J connectivity index is 2.09. The van der Waals surface area contributed by atoms with Crippen molar-refractivity contribution in [2.75, 3.05) is 17.6 Å². The highest BCUT2D eigenvalue weighted by molar-refractivity contribution is 8.00. The second-order valence-corrected chi connectivity index (χ2v) is 4.18. The van der Waals surface area contributed by atoms with Crippen molar-refractivity contribution < 1.29 is 4.74 Å². The first-order chi connectivity index (χ1) is 8.29. The van der Waals surface area contributed by atoms with Crippen LogP contribution in [0.3, 0.4) is 0 Å². The van der Waals surface area contributed by atoms with Crippen LogP contribution in [0.1, 0.15) is 0 Å². The van der Waals surface area contributed by atoms with E-state index in [2.05, 4.69) is 9.71 Å². The number of hydrogen-bond acceptors (Lipinski definition) is 5. The van der Waals surface area contributed by atoms with Crippen molar-refractivity contribution in [2.24, 2.45) is 0 Å². The highest BCUT2D eigenvalue weighted by atomic mass is 32.2. The Morgan fingerprint density at radius 3 is 2.88 bits per heavy atom. The van der Waals surface area contributed by atoms with Crippen LogP contribution in [0.4, 0.5) is 11.5 Å². The number of methoxy groups -OCH3 is 1. The number of pyridine rings is 1. The maximum atomic E-state index is 5.69. The normalized spacial score (nSPS) is 9.94. The summed E-state index contributed by atoms with van der Waals surface area (Å²) in [6.07, 6.45) is 1.74. The number of nitrogen functional groups attached to an aromatic ring is 1. The zero-order valence-electron chi connectivity index (χ0n) is 9.38. The number of rotatable bonds is 4. The zero-order valence-corrected chi connectivity index (χ0v) is 10.2. The van der Waals surface area contributed by atoms with E-state index in [9.17, 15) is 0 Å². The molecule has 1 heterocycles. The first-order valence-electron chi connectivity index (χ1n) is 5.07. The maximum Gasteiger partial charge on any atom is 0.136 e. The molecule has 0 saturated heterocycles. The average molecular weight is 247 g/mol. The highest BCUT2D eigenvalue weighted by Crippen LogP contribution is 2.31. The summed E-state index contributed by atoms with van der Waals surface area (Å²) >= 11 is 1.44. The Morgan fingerprint density at radius 1 is 1.29 bits per heavy atom. The van der Waals surface area contributed by atoms with Gasteiger partial charge in [0.25, 0.3) is 0 Å². The molecule has 0 atom stereocenters. The molecule has 4 nitrogen and oxygen atoms in total. The third kappa shape index (κ3) is 3.04. The van der Waals surface area contributed by atoms with Gasteiger partial charge in [-0.05, 0) is 36.2 Å². The lowest BCUT2D eigenvalue weighted by Crippen LogP contribution is -1.93. The topological polar surface area (TPSA) is 60.2 Å². The van der Waals surface area contributed by atoms with Crippen molar-refractivity contribution in [3.8, 4) is 5.75 Å². The number of nitrogens with two attached hydrogens (primary N) is 1. The molecule has 0 bridgehead atoms. The van der Waals surface area contributed by atoms with Crippen LogP contribution >= 0.6 is 11.9 Å². The minimum atomic E-state index is 0.684. The van der Waals surface area contributed by atoms with Crippen LogP contribution in [-0.2, 0) is 0 Å². The van der Waals surface area contributed by atoms with E-state index in [-0.39, 0.29) is 0 Å². The molecule has 0 radical (unpaired) electrons. The number of nitrogens with one attached hydrogen (secondary N) is 1. The van der Waals surface area contributed by atoms with Gasteiger partial charge in [0.05, 0.1) is 12.0 Å². The SMILES string of the molecule is COc1cc(N)ccc1SNc1ccccn1. The molecule has 3 N–H and O–H groups in total. The minimum Gasteiger partial charge on any atom is -0.495 e. The summed E-state index contributed by atoms with van der Waals surface area (Å²) in [5, 5.41) is 0. The summed E-state index contributed by atoms with van der Waals surface area (Å²) in [5.41, 5.74) is 6.37. The molecule has 1 aromatic carbocycles. The lowest BCUT2D eigenvalue weighted by atomic mass is 10.3. The molecule has 2 rings (SSSR count).